The van der Waals surface area contributed by atoms with Gasteiger partial charge in [-0.05, 0) is 5.56 Å². The van der Waals surface area contributed by atoms with Gasteiger partial charge in [0.15, 0.2) is 9.84 Å². The first-order valence-electron chi connectivity index (χ1n) is 7.98. The third-order valence-corrected chi connectivity index (χ3v) is 6.40. The maximum absolute atomic E-state index is 12.2. The predicted octanol–water partition coefficient (Wildman–Crippen LogP) is -0.155. The number of amides is 1. The second kappa shape index (κ2) is 6.59. The molecule has 0 bridgehead atoms. The molecule has 2 atom stereocenters. The second-order valence-electron chi connectivity index (χ2n) is 6.29. The Bertz CT molecular complexity index is 662. The topological polar surface area (TPSA) is 83.7 Å². The van der Waals surface area contributed by atoms with Gasteiger partial charge in [-0.25, -0.2) is 8.42 Å². The summed E-state index contributed by atoms with van der Waals surface area (Å²) >= 11 is 0. The Morgan fingerprint density at radius 3 is 2.52 bits per heavy atom. The van der Waals surface area contributed by atoms with Crippen LogP contribution in [0.15, 0.2) is 30.3 Å². The average molecular weight is 337 g/mol. The van der Waals surface area contributed by atoms with Gasteiger partial charge in [0, 0.05) is 38.6 Å². The van der Waals surface area contributed by atoms with Crippen molar-refractivity contribution >= 4 is 15.7 Å². The highest BCUT2D eigenvalue weighted by Crippen LogP contribution is 2.28. The number of sulfone groups is 1. The van der Waals surface area contributed by atoms with E-state index < -0.39 is 9.84 Å². The van der Waals surface area contributed by atoms with Crippen LogP contribution >= 0.6 is 0 Å². The van der Waals surface area contributed by atoms with Crippen molar-refractivity contribution in [2.45, 2.75) is 25.0 Å². The quantitative estimate of drug-likeness (QED) is 0.826. The lowest BCUT2D eigenvalue weighted by Gasteiger charge is -2.44. The van der Waals surface area contributed by atoms with E-state index in [1.165, 1.54) is 0 Å². The Morgan fingerprint density at radius 2 is 1.83 bits per heavy atom. The van der Waals surface area contributed by atoms with E-state index in [0.29, 0.717) is 19.6 Å². The summed E-state index contributed by atoms with van der Waals surface area (Å²) in [6, 6.07) is 9.68. The molecule has 0 radical (unpaired) electrons. The lowest BCUT2D eigenvalue weighted by molar-refractivity contribution is -0.136. The third kappa shape index (κ3) is 3.57. The Hall–Kier alpha value is -1.44. The molecule has 3 rings (SSSR count). The molecule has 7 heteroatoms. The molecule has 0 saturated carbocycles. The molecule has 2 fully saturated rings. The number of hydrogen-bond acceptors (Lipinski definition) is 5. The van der Waals surface area contributed by atoms with Crippen LogP contribution in [0.3, 0.4) is 0 Å². The van der Waals surface area contributed by atoms with Crippen molar-refractivity contribution in [1.29, 1.82) is 0 Å². The van der Waals surface area contributed by atoms with Crippen LogP contribution in [0.1, 0.15) is 12.0 Å². The molecule has 2 heterocycles. The molecule has 23 heavy (non-hydrogen) atoms. The van der Waals surface area contributed by atoms with E-state index in [9.17, 15) is 13.2 Å². The fourth-order valence-electron chi connectivity index (χ4n) is 3.62. The van der Waals surface area contributed by atoms with Crippen LogP contribution in [0.25, 0.3) is 0 Å². The van der Waals surface area contributed by atoms with Crippen molar-refractivity contribution < 1.29 is 13.2 Å². The van der Waals surface area contributed by atoms with E-state index in [2.05, 4.69) is 4.90 Å². The summed E-state index contributed by atoms with van der Waals surface area (Å²) in [7, 11) is -3.10. The zero-order valence-electron chi connectivity index (χ0n) is 13.1. The minimum atomic E-state index is -3.10. The van der Waals surface area contributed by atoms with Crippen molar-refractivity contribution in [2.24, 2.45) is 5.73 Å². The van der Waals surface area contributed by atoms with Crippen LogP contribution in [0.5, 0.6) is 0 Å². The molecule has 0 aromatic heterocycles. The van der Waals surface area contributed by atoms with Gasteiger partial charge in [0.2, 0.25) is 5.91 Å². The first kappa shape index (κ1) is 16.4. The maximum atomic E-state index is 12.2. The first-order valence-corrected chi connectivity index (χ1v) is 9.80. The second-order valence-corrected chi connectivity index (χ2v) is 8.45. The summed E-state index contributed by atoms with van der Waals surface area (Å²) in [6.07, 6.45) is 0.280. The number of carbonyl (C=O) groups excluding carboxylic acids is 1. The largest absolute Gasteiger partial charge is 0.336 e. The van der Waals surface area contributed by atoms with E-state index in [-0.39, 0.29) is 35.9 Å². The number of carbonyl (C=O) groups is 1. The molecule has 2 saturated heterocycles. The van der Waals surface area contributed by atoms with Gasteiger partial charge in [-0.1, -0.05) is 30.3 Å². The Kier molecular flexibility index (Phi) is 4.70. The number of nitrogens with two attached hydrogens (primary N) is 1. The van der Waals surface area contributed by atoms with E-state index >= 15 is 0 Å². The van der Waals surface area contributed by atoms with E-state index in [1.54, 1.807) is 4.90 Å². The van der Waals surface area contributed by atoms with Crippen LogP contribution in [0, 0.1) is 0 Å². The van der Waals surface area contributed by atoms with Crippen LogP contribution in [-0.4, -0.2) is 67.3 Å². The van der Waals surface area contributed by atoms with Crippen molar-refractivity contribution in [3.8, 4) is 0 Å². The van der Waals surface area contributed by atoms with E-state index in [1.807, 2.05) is 30.3 Å². The van der Waals surface area contributed by atoms with Crippen LogP contribution in [0.2, 0.25) is 0 Å². The van der Waals surface area contributed by atoms with Crippen LogP contribution in [-0.2, 0) is 21.2 Å². The molecule has 2 aliphatic heterocycles. The van der Waals surface area contributed by atoms with Gasteiger partial charge in [0.25, 0.3) is 0 Å². The van der Waals surface area contributed by atoms with Crippen LogP contribution in [0.4, 0.5) is 0 Å². The molecule has 1 aromatic carbocycles. The standard InChI is InChI=1S/C16H23N3O3S/c17-7-6-16(20)19-9-8-18(10-13-4-2-1-3-5-13)14-11-23(21,22)12-15(14)19/h1-5,14-15H,6-12,17H2/t14-,15+/m1/s1. The summed E-state index contributed by atoms with van der Waals surface area (Å²) in [6.45, 7) is 2.29. The SMILES string of the molecule is NCCC(=O)N1CCN(Cc2ccccc2)[C@@H]2CS(=O)(=O)C[C@@H]21. The monoisotopic (exact) mass is 337 g/mol. The molecule has 2 N–H and O–H groups in total. The zero-order chi connectivity index (χ0) is 16.4. The predicted molar refractivity (Wildman–Crippen MR) is 88.5 cm³/mol. The van der Waals surface area contributed by atoms with Crippen molar-refractivity contribution in [2.75, 3.05) is 31.1 Å². The molecular formula is C16H23N3O3S. The van der Waals surface area contributed by atoms with Gasteiger partial charge in [0.05, 0.1) is 17.5 Å². The van der Waals surface area contributed by atoms with E-state index in [0.717, 1.165) is 12.1 Å². The van der Waals surface area contributed by atoms with Gasteiger partial charge in [-0.15, -0.1) is 0 Å². The summed E-state index contributed by atoms with van der Waals surface area (Å²) in [5.74, 6) is 0.176. The molecule has 1 aromatic rings. The van der Waals surface area contributed by atoms with Gasteiger partial charge >= 0.3 is 0 Å². The molecule has 6 nitrogen and oxygen atoms in total. The molecular weight excluding hydrogens is 314 g/mol. The number of piperazine rings is 1. The molecule has 2 aliphatic rings. The number of fused-ring (bicyclic) bond motifs is 1. The minimum Gasteiger partial charge on any atom is -0.336 e. The fraction of sp³-hybridized carbons (Fsp3) is 0.562. The Morgan fingerprint density at radius 1 is 1.13 bits per heavy atom. The van der Waals surface area contributed by atoms with Crippen molar-refractivity contribution in [3.05, 3.63) is 35.9 Å². The molecule has 0 spiro atoms. The van der Waals surface area contributed by atoms with Crippen LogP contribution < -0.4 is 5.73 Å². The highest BCUT2D eigenvalue weighted by molar-refractivity contribution is 7.91. The summed E-state index contributed by atoms with van der Waals surface area (Å²) in [5, 5.41) is 0. The zero-order valence-corrected chi connectivity index (χ0v) is 13.9. The number of rotatable bonds is 4. The molecule has 1 amide bonds. The Balaban J connectivity index is 1.79. The first-order chi connectivity index (χ1) is 11.0. The lowest BCUT2D eigenvalue weighted by atomic mass is 10.0. The number of hydrogen-bond donors (Lipinski definition) is 1. The van der Waals surface area contributed by atoms with E-state index in [4.69, 9.17) is 5.73 Å². The summed E-state index contributed by atoms with van der Waals surface area (Å²) in [4.78, 5) is 16.2. The minimum absolute atomic E-state index is 0.0287. The summed E-state index contributed by atoms with van der Waals surface area (Å²) < 4.78 is 24.3. The highest BCUT2D eigenvalue weighted by atomic mass is 32.2. The molecule has 0 aliphatic carbocycles. The summed E-state index contributed by atoms with van der Waals surface area (Å²) in [5.41, 5.74) is 6.64. The van der Waals surface area contributed by atoms with Gasteiger partial charge in [-0.2, -0.15) is 0 Å². The molecule has 126 valence electrons. The normalized spacial score (nSPS) is 26.9. The molecule has 0 unspecified atom stereocenters. The van der Waals surface area contributed by atoms with Gasteiger partial charge in [0.1, 0.15) is 0 Å². The lowest BCUT2D eigenvalue weighted by Crippen LogP contribution is -2.60. The van der Waals surface area contributed by atoms with Gasteiger partial charge < -0.3 is 10.6 Å². The fourth-order valence-corrected chi connectivity index (χ4v) is 5.63. The number of nitrogens with zero attached hydrogens (tertiary/aromatic N) is 2. The Labute approximate surface area is 137 Å². The number of benzene rings is 1. The van der Waals surface area contributed by atoms with Crippen molar-refractivity contribution in [1.82, 2.24) is 9.80 Å². The van der Waals surface area contributed by atoms with Gasteiger partial charge in [-0.3, -0.25) is 9.69 Å². The highest BCUT2D eigenvalue weighted by Gasteiger charge is 2.47. The smallest absolute Gasteiger partial charge is 0.224 e. The third-order valence-electron chi connectivity index (χ3n) is 4.70. The van der Waals surface area contributed by atoms with Crippen molar-refractivity contribution in [3.63, 3.8) is 0 Å². The average Bonchev–Trinajstić information content (AvgIpc) is 2.84. The maximum Gasteiger partial charge on any atom is 0.224 e.